The van der Waals surface area contributed by atoms with Crippen LogP contribution in [0.2, 0.25) is 0 Å². The molecule has 0 bridgehead atoms. The zero-order valence-corrected chi connectivity index (χ0v) is 9.98. The topological polar surface area (TPSA) is 21.7 Å². The molecule has 3 heteroatoms. The average molecular weight is 221 g/mol. The van der Waals surface area contributed by atoms with Crippen LogP contribution in [0.4, 0.5) is 5.69 Å². The number of nitrogens with zero attached hydrogens (tertiary/aromatic N) is 1. The lowest BCUT2D eigenvalue weighted by Gasteiger charge is -2.33. The molecule has 1 aromatic rings. The Balaban J connectivity index is 2.12. The highest BCUT2D eigenvalue weighted by molar-refractivity contribution is 5.55. The van der Waals surface area contributed by atoms with Gasteiger partial charge in [-0.3, -0.25) is 0 Å². The van der Waals surface area contributed by atoms with Crippen molar-refractivity contribution in [3.63, 3.8) is 0 Å². The number of fused-ring (bicyclic) bond motifs is 1. The highest BCUT2D eigenvalue weighted by Gasteiger charge is 2.19. The molecule has 0 aromatic heterocycles. The summed E-state index contributed by atoms with van der Waals surface area (Å²) < 4.78 is 10.5. The fraction of sp³-hybridized carbons (Fsp3) is 0.538. The van der Waals surface area contributed by atoms with Crippen LogP contribution in [0.25, 0.3) is 0 Å². The number of anilines is 1. The molecule has 1 aliphatic rings. The predicted octanol–water partition coefficient (Wildman–Crippen LogP) is 2.06. The number of hydrogen-bond donors (Lipinski definition) is 0. The first-order valence-electron chi connectivity index (χ1n) is 5.73. The lowest BCUT2D eigenvalue weighted by Crippen LogP contribution is -2.37. The molecular weight excluding hydrogens is 202 g/mol. The molecule has 0 saturated carbocycles. The highest BCUT2D eigenvalue weighted by Crippen LogP contribution is 2.26. The molecule has 0 saturated heterocycles. The van der Waals surface area contributed by atoms with E-state index >= 15 is 0 Å². The molecule has 1 heterocycles. The van der Waals surface area contributed by atoms with Crippen LogP contribution in [0, 0.1) is 0 Å². The quantitative estimate of drug-likeness (QED) is 0.726. The van der Waals surface area contributed by atoms with E-state index in [0.29, 0.717) is 0 Å². The van der Waals surface area contributed by atoms with E-state index in [1.807, 2.05) is 0 Å². The number of hydrogen-bond acceptors (Lipinski definition) is 3. The molecule has 0 radical (unpaired) electrons. The average Bonchev–Trinajstić information content (AvgIpc) is 2.36. The van der Waals surface area contributed by atoms with Gasteiger partial charge in [-0.2, -0.15) is 0 Å². The summed E-state index contributed by atoms with van der Waals surface area (Å²) in [4.78, 5) is 2.34. The fourth-order valence-electron chi connectivity index (χ4n) is 2.23. The van der Waals surface area contributed by atoms with E-state index in [9.17, 15) is 0 Å². The summed E-state index contributed by atoms with van der Waals surface area (Å²) in [5, 5.41) is 0. The molecule has 3 nitrogen and oxygen atoms in total. The third-order valence-electron chi connectivity index (χ3n) is 3.10. The molecule has 0 amide bonds. The summed E-state index contributed by atoms with van der Waals surface area (Å²) >= 11 is 0. The molecule has 0 aliphatic carbocycles. The first-order valence-corrected chi connectivity index (χ1v) is 5.73. The second-order valence-electron chi connectivity index (χ2n) is 4.08. The van der Waals surface area contributed by atoms with Crippen LogP contribution in [-0.2, 0) is 15.9 Å². The van der Waals surface area contributed by atoms with E-state index in [0.717, 1.165) is 13.1 Å². The van der Waals surface area contributed by atoms with Crippen LogP contribution in [0.3, 0.4) is 0 Å². The molecular formula is C13H19NO2. The van der Waals surface area contributed by atoms with Crippen molar-refractivity contribution < 1.29 is 9.47 Å². The van der Waals surface area contributed by atoms with Crippen molar-refractivity contribution in [2.24, 2.45) is 0 Å². The van der Waals surface area contributed by atoms with Gasteiger partial charge in [0, 0.05) is 26.5 Å². The van der Waals surface area contributed by atoms with Gasteiger partial charge in [-0.1, -0.05) is 18.2 Å². The summed E-state index contributed by atoms with van der Waals surface area (Å²) in [7, 11) is 3.37. The van der Waals surface area contributed by atoms with Gasteiger partial charge in [-0.25, -0.2) is 0 Å². The van der Waals surface area contributed by atoms with Gasteiger partial charge in [0.25, 0.3) is 0 Å². The second-order valence-corrected chi connectivity index (χ2v) is 4.08. The molecule has 16 heavy (non-hydrogen) atoms. The summed E-state index contributed by atoms with van der Waals surface area (Å²) in [6, 6.07) is 8.57. The van der Waals surface area contributed by atoms with Gasteiger partial charge in [-0.15, -0.1) is 0 Å². The smallest absolute Gasteiger partial charge is 0.174 e. The highest BCUT2D eigenvalue weighted by atomic mass is 16.7. The van der Waals surface area contributed by atoms with Crippen LogP contribution in [0.15, 0.2) is 24.3 Å². The normalized spacial score (nSPS) is 15.3. The number of ether oxygens (including phenoxy) is 2. The number of benzene rings is 1. The number of para-hydroxylation sites is 1. The predicted molar refractivity (Wildman–Crippen MR) is 64.8 cm³/mol. The molecule has 88 valence electrons. The van der Waals surface area contributed by atoms with E-state index in [1.165, 1.54) is 24.1 Å². The summed E-state index contributed by atoms with van der Waals surface area (Å²) in [6.07, 6.45) is 2.24. The molecule has 0 unspecified atom stereocenters. The third kappa shape index (κ3) is 2.36. The van der Waals surface area contributed by atoms with Crippen molar-refractivity contribution in [1.29, 1.82) is 0 Å². The molecule has 0 spiro atoms. The SMILES string of the molecule is COC(CN1CCCc2ccccc21)OC. The van der Waals surface area contributed by atoms with Gasteiger partial charge in [0.1, 0.15) is 0 Å². The summed E-state index contributed by atoms with van der Waals surface area (Å²) in [5.41, 5.74) is 2.76. The van der Waals surface area contributed by atoms with E-state index in [1.54, 1.807) is 14.2 Å². The Kier molecular flexibility index (Phi) is 3.80. The Hall–Kier alpha value is -1.06. The van der Waals surface area contributed by atoms with Gasteiger partial charge >= 0.3 is 0 Å². The number of rotatable bonds is 4. The van der Waals surface area contributed by atoms with E-state index in [4.69, 9.17) is 9.47 Å². The van der Waals surface area contributed by atoms with Crippen molar-refractivity contribution in [3.05, 3.63) is 29.8 Å². The molecule has 0 N–H and O–H groups in total. The maximum atomic E-state index is 5.25. The summed E-state index contributed by atoms with van der Waals surface area (Å²) in [5.74, 6) is 0. The van der Waals surface area contributed by atoms with Gasteiger partial charge < -0.3 is 14.4 Å². The standard InChI is InChI=1S/C13H19NO2/c1-15-13(16-2)10-14-9-5-7-11-6-3-4-8-12(11)14/h3-4,6,8,13H,5,7,9-10H2,1-2H3. The second kappa shape index (κ2) is 5.32. The Bertz CT molecular complexity index is 336. The van der Waals surface area contributed by atoms with Crippen molar-refractivity contribution in [2.75, 3.05) is 32.2 Å². The van der Waals surface area contributed by atoms with Crippen LogP contribution in [0.1, 0.15) is 12.0 Å². The first kappa shape index (κ1) is 11.4. The van der Waals surface area contributed by atoms with Crippen LogP contribution >= 0.6 is 0 Å². The minimum atomic E-state index is -0.147. The van der Waals surface area contributed by atoms with E-state index in [2.05, 4.69) is 29.2 Å². The van der Waals surface area contributed by atoms with Gasteiger partial charge in [0.15, 0.2) is 6.29 Å². The van der Waals surface area contributed by atoms with Crippen LogP contribution in [0.5, 0.6) is 0 Å². The number of methoxy groups -OCH3 is 2. The Morgan fingerprint density at radius 2 is 2.00 bits per heavy atom. The maximum absolute atomic E-state index is 5.25. The molecule has 1 aliphatic heterocycles. The Morgan fingerprint density at radius 3 is 2.75 bits per heavy atom. The maximum Gasteiger partial charge on any atom is 0.174 e. The van der Waals surface area contributed by atoms with Gasteiger partial charge in [-0.05, 0) is 24.5 Å². The fourth-order valence-corrected chi connectivity index (χ4v) is 2.23. The molecule has 0 fully saturated rings. The zero-order valence-electron chi connectivity index (χ0n) is 9.98. The minimum absolute atomic E-state index is 0.147. The largest absolute Gasteiger partial charge is 0.366 e. The van der Waals surface area contributed by atoms with Crippen LogP contribution < -0.4 is 4.90 Å². The molecule has 2 rings (SSSR count). The molecule has 0 atom stereocenters. The van der Waals surface area contributed by atoms with Crippen molar-refractivity contribution in [3.8, 4) is 0 Å². The first-order chi connectivity index (χ1) is 7.85. The summed E-state index contributed by atoms with van der Waals surface area (Å²) in [6.45, 7) is 1.88. The van der Waals surface area contributed by atoms with Crippen molar-refractivity contribution >= 4 is 5.69 Å². The monoisotopic (exact) mass is 221 g/mol. The van der Waals surface area contributed by atoms with Crippen molar-refractivity contribution in [1.82, 2.24) is 0 Å². The van der Waals surface area contributed by atoms with Crippen molar-refractivity contribution in [2.45, 2.75) is 19.1 Å². The lowest BCUT2D eigenvalue weighted by molar-refractivity contribution is -0.0950. The minimum Gasteiger partial charge on any atom is -0.366 e. The van der Waals surface area contributed by atoms with Gasteiger partial charge in [0.2, 0.25) is 0 Å². The zero-order chi connectivity index (χ0) is 11.4. The third-order valence-corrected chi connectivity index (χ3v) is 3.10. The van der Waals surface area contributed by atoms with Gasteiger partial charge in [0.05, 0.1) is 6.54 Å². The Labute approximate surface area is 97.0 Å². The molecule has 1 aromatic carbocycles. The lowest BCUT2D eigenvalue weighted by atomic mass is 10.0. The van der Waals surface area contributed by atoms with E-state index in [-0.39, 0.29) is 6.29 Å². The number of aryl methyl sites for hydroxylation is 1. The van der Waals surface area contributed by atoms with E-state index < -0.39 is 0 Å². The van der Waals surface area contributed by atoms with Crippen LogP contribution in [-0.4, -0.2) is 33.6 Å². The Morgan fingerprint density at radius 1 is 1.25 bits per heavy atom.